The lowest BCUT2D eigenvalue weighted by Crippen LogP contribution is -2.21. The normalized spacial score (nSPS) is 16.7. The molecule has 0 fully saturated rings. The molecule has 0 spiro atoms. The largest absolute Gasteiger partial charge is 0.368 e. The van der Waals surface area contributed by atoms with E-state index >= 15 is 0 Å². The highest BCUT2D eigenvalue weighted by atomic mass is 35.5. The predicted octanol–water partition coefficient (Wildman–Crippen LogP) is 1.23. The van der Waals surface area contributed by atoms with E-state index < -0.39 is 0 Å². The minimum absolute atomic E-state index is 0. The highest BCUT2D eigenvalue weighted by molar-refractivity contribution is 6.03. The van der Waals surface area contributed by atoms with Gasteiger partial charge in [-0.2, -0.15) is 0 Å². The number of rotatable bonds is 2. The molecule has 0 bridgehead atoms. The molecule has 98 valence electrons. The Hall–Kier alpha value is -1.26. The molecule has 0 amide bonds. The summed E-state index contributed by atoms with van der Waals surface area (Å²) in [7, 11) is 0. The lowest BCUT2D eigenvalue weighted by atomic mass is 10.1. The van der Waals surface area contributed by atoms with Gasteiger partial charge in [0.25, 0.3) is 0 Å². The average molecular weight is 287 g/mol. The molecule has 0 saturated carbocycles. The summed E-state index contributed by atoms with van der Waals surface area (Å²) in [6.45, 7) is 3.66. The Morgan fingerprint density at radius 1 is 0.722 bits per heavy atom. The van der Waals surface area contributed by atoms with Crippen LogP contribution in [0.25, 0.3) is 0 Å². The summed E-state index contributed by atoms with van der Waals surface area (Å²) in [5, 5.41) is 6.53. The van der Waals surface area contributed by atoms with Crippen molar-refractivity contribution < 1.29 is 0 Å². The van der Waals surface area contributed by atoms with Gasteiger partial charge in [0.2, 0.25) is 0 Å². The van der Waals surface area contributed by atoms with Crippen LogP contribution in [0, 0.1) is 0 Å². The number of aliphatic imine (C=N–C) groups is 2. The molecule has 1 aromatic carbocycles. The Kier molecular flexibility index (Phi) is 5.44. The second-order valence-electron chi connectivity index (χ2n) is 3.89. The molecule has 2 N–H and O–H groups in total. The Labute approximate surface area is 119 Å². The maximum absolute atomic E-state index is 4.39. The fourth-order valence-electron chi connectivity index (χ4n) is 1.97. The molecule has 0 aliphatic carbocycles. The van der Waals surface area contributed by atoms with Crippen LogP contribution in [0.2, 0.25) is 0 Å². The Balaban J connectivity index is 0.000000810. The molecule has 0 aromatic heterocycles. The SMILES string of the molecule is Cl.Cl.c1cc(C2=NCCN2)ccc1C1=NCCN1. The summed E-state index contributed by atoms with van der Waals surface area (Å²) in [4.78, 5) is 8.79. The van der Waals surface area contributed by atoms with E-state index in [0.29, 0.717) is 0 Å². The quantitative estimate of drug-likeness (QED) is 0.859. The van der Waals surface area contributed by atoms with Crippen LogP contribution < -0.4 is 10.6 Å². The second kappa shape index (κ2) is 6.61. The summed E-state index contributed by atoms with van der Waals surface area (Å²) >= 11 is 0. The van der Waals surface area contributed by atoms with E-state index in [9.17, 15) is 0 Å². The van der Waals surface area contributed by atoms with Crippen LogP contribution in [0.4, 0.5) is 0 Å². The molecule has 2 heterocycles. The number of hydrogen-bond acceptors (Lipinski definition) is 4. The van der Waals surface area contributed by atoms with Crippen LogP contribution in [0.3, 0.4) is 0 Å². The smallest absolute Gasteiger partial charge is 0.128 e. The molecular weight excluding hydrogens is 271 g/mol. The number of nitrogens with one attached hydrogen (secondary N) is 2. The minimum Gasteiger partial charge on any atom is -0.368 e. The van der Waals surface area contributed by atoms with Gasteiger partial charge in [-0.15, -0.1) is 24.8 Å². The van der Waals surface area contributed by atoms with Gasteiger partial charge in [0, 0.05) is 24.2 Å². The maximum Gasteiger partial charge on any atom is 0.128 e. The van der Waals surface area contributed by atoms with Crippen molar-refractivity contribution in [2.24, 2.45) is 9.98 Å². The van der Waals surface area contributed by atoms with Crippen molar-refractivity contribution in [1.82, 2.24) is 10.6 Å². The van der Waals surface area contributed by atoms with Crippen LogP contribution >= 0.6 is 24.8 Å². The van der Waals surface area contributed by atoms with Gasteiger partial charge in [-0.25, -0.2) is 0 Å². The van der Waals surface area contributed by atoms with E-state index in [2.05, 4.69) is 44.9 Å². The van der Waals surface area contributed by atoms with Crippen LogP contribution in [0.1, 0.15) is 11.1 Å². The third kappa shape index (κ3) is 2.94. The number of benzene rings is 1. The molecule has 2 aliphatic rings. The number of nitrogens with zero attached hydrogens (tertiary/aromatic N) is 2. The third-order valence-electron chi connectivity index (χ3n) is 2.78. The Morgan fingerprint density at radius 2 is 1.11 bits per heavy atom. The van der Waals surface area contributed by atoms with Gasteiger partial charge in [0.1, 0.15) is 11.7 Å². The van der Waals surface area contributed by atoms with Gasteiger partial charge in [-0.1, -0.05) is 24.3 Å². The van der Waals surface area contributed by atoms with Crippen molar-refractivity contribution in [3.8, 4) is 0 Å². The zero-order valence-electron chi connectivity index (χ0n) is 9.85. The van der Waals surface area contributed by atoms with Gasteiger partial charge >= 0.3 is 0 Å². The summed E-state index contributed by atoms with van der Waals surface area (Å²) in [6.07, 6.45) is 0. The number of hydrogen-bond donors (Lipinski definition) is 2. The molecule has 18 heavy (non-hydrogen) atoms. The van der Waals surface area contributed by atoms with Crippen molar-refractivity contribution in [3.63, 3.8) is 0 Å². The second-order valence-corrected chi connectivity index (χ2v) is 3.89. The first-order valence-corrected chi connectivity index (χ1v) is 5.61. The molecule has 0 radical (unpaired) electrons. The van der Waals surface area contributed by atoms with Gasteiger partial charge in [0.05, 0.1) is 13.1 Å². The van der Waals surface area contributed by atoms with Crippen LogP contribution in [0.15, 0.2) is 34.3 Å². The Morgan fingerprint density at radius 3 is 1.39 bits per heavy atom. The van der Waals surface area contributed by atoms with E-state index in [1.165, 1.54) is 0 Å². The van der Waals surface area contributed by atoms with Gasteiger partial charge in [-0.05, 0) is 0 Å². The topological polar surface area (TPSA) is 48.8 Å². The number of amidine groups is 2. The lowest BCUT2D eigenvalue weighted by molar-refractivity contribution is 0.959. The van der Waals surface area contributed by atoms with Gasteiger partial charge in [0.15, 0.2) is 0 Å². The van der Waals surface area contributed by atoms with E-state index in [-0.39, 0.29) is 24.8 Å². The molecule has 0 atom stereocenters. The first kappa shape index (κ1) is 14.8. The van der Waals surface area contributed by atoms with Crippen LogP contribution in [-0.2, 0) is 0 Å². The zero-order chi connectivity index (χ0) is 10.8. The average Bonchev–Trinajstić information content (AvgIpc) is 3.03. The van der Waals surface area contributed by atoms with Gasteiger partial charge < -0.3 is 10.6 Å². The fraction of sp³-hybridized carbons (Fsp3) is 0.333. The minimum atomic E-state index is 0. The molecule has 6 heteroatoms. The first-order chi connectivity index (χ1) is 7.93. The van der Waals surface area contributed by atoms with Crippen molar-refractivity contribution in [3.05, 3.63) is 35.4 Å². The van der Waals surface area contributed by atoms with Crippen molar-refractivity contribution in [1.29, 1.82) is 0 Å². The van der Waals surface area contributed by atoms with E-state index in [4.69, 9.17) is 0 Å². The monoisotopic (exact) mass is 286 g/mol. The molecule has 0 unspecified atom stereocenters. The predicted molar refractivity (Wildman–Crippen MR) is 79.8 cm³/mol. The summed E-state index contributed by atoms with van der Waals surface area (Å²) in [5.41, 5.74) is 2.31. The van der Waals surface area contributed by atoms with Crippen LogP contribution in [-0.4, -0.2) is 37.9 Å². The van der Waals surface area contributed by atoms with E-state index in [0.717, 1.165) is 49.0 Å². The highest BCUT2D eigenvalue weighted by Gasteiger charge is 2.10. The molecule has 4 nitrogen and oxygen atoms in total. The van der Waals surface area contributed by atoms with Crippen molar-refractivity contribution in [2.75, 3.05) is 26.2 Å². The first-order valence-electron chi connectivity index (χ1n) is 5.61. The van der Waals surface area contributed by atoms with E-state index in [1.807, 2.05) is 0 Å². The maximum atomic E-state index is 4.39. The molecule has 3 rings (SSSR count). The van der Waals surface area contributed by atoms with Crippen molar-refractivity contribution in [2.45, 2.75) is 0 Å². The van der Waals surface area contributed by atoms with Crippen molar-refractivity contribution >= 4 is 36.5 Å². The summed E-state index contributed by atoms with van der Waals surface area (Å²) < 4.78 is 0. The third-order valence-corrected chi connectivity index (χ3v) is 2.78. The van der Waals surface area contributed by atoms with Gasteiger partial charge in [-0.3, -0.25) is 9.98 Å². The summed E-state index contributed by atoms with van der Waals surface area (Å²) in [5.74, 6) is 2.01. The molecule has 1 aromatic rings. The zero-order valence-corrected chi connectivity index (χ0v) is 11.5. The number of halogens is 2. The molecule has 0 saturated heterocycles. The Bertz CT molecular complexity index is 411. The standard InChI is InChI=1S/C12H14N4.2ClH/c1-2-10(12-15-7-8-16-12)4-3-9(1)11-13-5-6-14-11;;/h1-4H,5-8H2,(H,13,14)(H,15,16);2*1H. The van der Waals surface area contributed by atoms with E-state index in [1.54, 1.807) is 0 Å². The molecule has 2 aliphatic heterocycles. The summed E-state index contributed by atoms with van der Waals surface area (Å²) in [6, 6.07) is 8.37. The highest BCUT2D eigenvalue weighted by Crippen LogP contribution is 2.08. The molecular formula is C12H16Cl2N4. The lowest BCUT2D eigenvalue weighted by Gasteiger charge is -2.05. The van der Waals surface area contributed by atoms with Crippen LogP contribution in [0.5, 0.6) is 0 Å². The fourth-order valence-corrected chi connectivity index (χ4v) is 1.97.